The van der Waals surface area contributed by atoms with Crippen molar-refractivity contribution in [2.45, 2.75) is 0 Å². The maximum absolute atomic E-state index is 9.90. The number of hydrogen-bond donors (Lipinski definition) is 3. The van der Waals surface area contributed by atoms with Crippen LogP contribution in [0.15, 0.2) is 0 Å². The molecule has 0 aliphatic carbocycles. The largest absolute Gasteiger partial charge is 0.871 e. The summed E-state index contributed by atoms with van der Waals surface area (Å²) in [5.74, 6) is 0. The van der Waals surface area contributed by atoms with Crippen LogP contribution in [0, 0.1) is 5.41 Å². The Kier molecular flexibility index (Phi) is 5.39. The van der Waals surface area contributed by atoms with Crippen molar-refractivity contribution in [3.63, 3.8) is 0 Å². The zero-order chi connectivity index (χ0) is 9.61. The lowest BCUT2D eigenvalue weighted by atomic mass is 9.92. The Morgan fingerprint density at radius 3 is 1.75 bits per heavy atom. The van der Waals surface area contributed by atoms with E-state index in [2.05, 4.69) is 4.65 Å². The molecule has 0 aromatic heterocycles. The molecule has 3 N–H and O–H groups in total. The van der Waals surface area contributed by atoms with Crippen LogP contribution in [0.4, 0.5) is 0 Å². The van der Waals surface area contributed by atoms with Gasteiger partial charge in [0.15, 0.2) is 0 Å². The second-order valence-electron chi connectivity index (χ2n) is 2.57. The third kappa shape index (κ3) is 3.48. The first-order valence-electron chi connectivity index (χ1n) is 3.36. The Balaban J connectivity index is 3.93. The Hall–Kier alpha value is -0.175. The van der Waals surface area contributed by atoms with E-state index in [-0.39, 0.29) is 0 Å². The van der Waals surface area contributed by atoms with E-state index < -0.39 is 39.2 Å². The van der Waals surface area contributed by atoms with Gasteiger partial charge >= 0.3 is 0 Å². The molecule has 0 unspecified atom stereocenters. The van der Waals surface area contributed by atoms with E-state index in [4.69, 9.17) is 15.3 Å². The van der Waals surface area contributed by atoms with Crippen LogP contribution in [0.2, 0.25) is 0 Å². The quantitative estimate of drug-likeness (QED) is 0.354. The summed E-state index contributed by atoms with van der Waals surface area (Å²) in [6.45, 7) is -2.10. The van der Waals surface area contributed by atoms with Gasteiger partial charge in [-0.15, -0.1) is 0 Å². The van der Waals surface area contributed by atoms with Crippen molar-refractivity contribution in [1.29, 1.82) is 0 Å². The summed E-state index contributed by atoms with van der Waals surface area (Å²) in [6, 6.07) is 0. The topological polar surface area (TPSA) is 116 Å². The molecule has 0 heterocycles. The highest BCUT2D eigenvalue weighted by Crippen LogP contribution is 2.14. The van der Waals surface area contributed by atoms with Crippen LogP contribution in [-0.4, -0.2) is 49.1 Å². The first kappa shape index (κ1) is 11.8. The summed E-state index contributed by atoms with van der Waals surface area (Å²) in [5, 5.41) is 45.9. The molecule has 0 saturated heterocycles. The van der Waals surface area contributed by atoms with Crippen molar-refractivity contribution < 1.29 is 30.0 Å². The summed E-state index contributed by atoms with van der Waals surface area (Å²) < 4.78 is 4.09. The maximum atomic E-state index is 9.90. The highest BCUT2D eigenvalue weighted by Gasteiger charge is 2.27. The Labute approximate surface area is 70.2 Å². The van der Waals surface area contributed by atoms with Gasteiger partial charge in [0, 0.05) is 6.61 Å². The van der Waals surface area contributed by atoms with Gasteiger partial charge in [0.25, 0.3) is 0 Å². The van der Waals surface area contributed by atoms with Gasteiger partial charge in [0.2, 0.25) is 0 Å². The van der Waals surface area contributed by atoms with Gasteiger partial charge in [0.1, 0.15) is 0 Å². The predicted molar refractivity (Wildman–Crippen MR) is 35.4 cm³/mol. The van der Waals surface area contributed by atoms with Crippen molar-refractivity contribution in [2.75, 3.05) is 26.4 Å². The van der Waals surface area contributed by atoms with E-state index in [9.17, 15) is 10.0 Å². The molecule has 0 saturated carbocycles. The molecule has 0 rings (SSSR count). The SMILES string of the molecule is [O-]B([O-])OCC(CO)(CO)CO. The average molecular weight is 178 g/mol. The minimum atomic E-state index is -2.46. The van der Waals surface area contributed by atoms with Crippen molar-refractivity contribution in [3.8, 4) is 0 Å². The molecule has 7 heteroatoms. The summed E-state index contributed by atoms with van der Waals surface area (Å²) in [7, 11) is -2.46. The predicted octanol–water partition coefficient (Wildman–Crippen LogP) is -4.33. The smallest absolute Gasteiger partial charge is 0.0610 e. The zero-order valence-corrected chi connectivity index (χ0v) is 6.47. The fourth-order valence-electron chi connectivity index (χ4n) is 0.532. The summed E-state index contributed by atoms with van der Waals surface area (Å²) >= 11 is 0. The second kappa shape index (κ2) is 5.47. The van der Waals surface area contributed by atoms with Gasteiger partial charge < -0.3 is 30.0 Å². The first-order chi connectivity index (χ1) is 5.60. The summed E-state index contributed by atoms with van der Waals surface area (Å²) in [6.07, 6.45) is 0. The zero-order valence-electron chi connectivity index (χ0n) is 6.47. The lowest BCUT2D eigenvalue weighted by molar-refractivity contribution is -0.383. The van der Waals surface area contributed by atoms with Crippen LogP contribution in [0.3, 0.4) is 0 Å². The molecule has 6 nitrogen and oxygen atoms in total. The van der Waals surface area contributed by atoms with Gasteiger partial charge in [-0.2, -0.15) is 0 Å². The minimum Gasteiger partial charge on any atom is -0.871 e. The highest BCUT2D eigenvalue weighted by atomic mass is 16.6. The molecule has 0 aliphatic rings. The normalized spacial score (nSPS) is 11.8. The molecule has 0 bridgehead atoms. The molecule has 0 fully saturated rings. The molecule has 72 valence electrons. The van der Waals surface area contributed by atoms with Crippen LogP contribution < -0.4 is 10.0 Å². The third-order valence-corrected chi connectivity index (χ3v) is 1.53. The van der Waals surface area contributed by atoms with Crippen molar-refractivity contribution >= 4 is 7.32 Å². The summed E-state index contributed by atoms with van der Waals surface area (Å²) in [4.78, 5) is 0. The van der Waals surface area contributed by atoms with E-state index in [0.29, 0.717) is 0 Å². The van der Waals surface area contributed by atoms with Crippen molar-refractivity contribution in [2.24, 2.45) is 5.41 Å². The van der Waals surface area contributed by atoms with Crippen LogP contribution >= 0.6 is 0 Å². The summed E-state index contributed by atoms with van der Waals surface area (Å²) in [5.41, 5.74) is -1.30. The third-order valence-electron chi connectivity index (χ3n) is 1.53. The van der Waals surface area contributed by atoms with E-state index in [0.717, 1.165) is 0 Å². The fourth-order valence-corrected chi connectivity index (χ4v) is 0.532. The maximum Gasteiger partial charge on any atom is 0.0610 e. The molecule has 0 spiro atoms. The lowest BCUT2D eigenvalue weighted by Gasteiger charge is -2.34. The van der Waals surface area contributed by atoms with Gasteiger partial charge in [-0.1, -0.05) is 0 Å². The van der Waals surface area contributed by atoms with Crippen LogP contribution in [0.1, 0.15) is 0 Å². The number of aliphatic hydroxyl groups excluding tert-OH is 3. The molecule has 0 amide bonds. The van der Waals surface area contributed by atoms with E-state index >= 15 is 0 Å². The highest BCUT2D eigenvalue weighted by molar-refractivity contribution is 6.28. The van der Waals surface area contributed by atoms with Crippen LogP contribution in [-0.2, 0) is 4.65 Å². The lowest BCUT2D eigenvalue weighted by Crippen LogP contribution is -2.51. The van der Waals surface area contributed by atoms with E-state index in [1.54, 1.807) is 0 Å². The molecule has 12 heavy (non-hydrogen) atoms. The molecular formula is C5H11BO6-2. The first-order valence-corrected chi connectivity index (χ1v) is 3.36. The van der Waals surface area contributed by atoms with Gasteiger partial charge in [0.05, 0.1) is 32.6 Å². The number of aliphatic hydroxyl groups is 3. The number of hydrogen-bond acceptors (Lipinski definition) is 6. The molecule has 0 aromatic rings. The second-order valence-corrected chi connectivity index (χ2v) is 2.57. The van der Waals surface area contributed by atoms with Crippen molar-refractivity contribution in [1.82, 2.24) is 0 Å². The molecule has 0 aromatic carbocycles. The standard InChI is InChI=1S/C5H11BO6/c7-1-5(2-8,3-9)4-12-6(10)11/h7-9H,1-4H2/q-2. The van der Waals surface area contributed by atoms with Gasteiger partial charge in [-0.05, 0) is 0 Å². The average Bonchev–Trinajstić information content (AvgIpc) is 2.08. The number of rotatable bonds is 6. The van der Waals surface area contributed by atoms with Crippen LogP contribution in [0.5, 0.6) is 0 Å². The van der Waals surface area contributed by atoms with Gasteiger partial charge in [-0.3, -0.25) is 0 Å². The monoisotopic (exact) mass is 178 g/mol. The molecule has 0 atom stereocenters. The molecule has 0 aliphatic heterocycles. The molecular weight excluding hydrogens is 167 g/mol. The van der Waals surface area contributed by atoms with E-state index in [1.165, 1.54) is 0 Å². The minimum absolute atomic E-state index is 0.450. The van der Waals surface area contributed by atoms with Crippen molar-refractivity contribution in [3.05, 3.63) is 0 Å². The Morgan fingerprint density at radius 2 is 1.50 bits per heavy atom. The fraction of sp³-hybridized carbons (Fsp3) is 1.00. The Morgan fingerprint density at radius 1 is 1.08 bits per heavy atom. The Bertz CT molecular complexity index is 106. The van der Waals surface area contributed by atoms with Gasteiger partial charge in [-0.25, -0.2) is 0 Å². The van der Waals surface area contributed by atoms with E-state index in [1.807, 2.05) is 0 Å². The molecule has 0 radical (unpaired) electrons. The van der Waals surface area contributed by atoms with Crippen LogP contribution in [0.25, 0.3) is 0 Å².